The van der Waals surface area contributed by atoms with Gasteiger partial charge in [-0.15, -0.1) is 0 Å². The summed E-state index contributed by atoms with van der Waals surface area (Å²) in [6, 6.07) is 61.1. The molecule has 2 aromatic heterocycles. The molecule has 2 heterocycles. The Labute approximate surface area is 287 Å². The molecule has 0 N–H and O–H groups in total. The summed E-state index contributed by atoms with van der Waals surface area (Å²) in [7, 11) is 0. The smallest absolute Gasteiger partial charge is 0.136 e. The highest BCUT2D eigenvalue weighted by Gasteiger charge is 2.18. The van der Waals surface area contributed by atoms with Gasteiger partial charge in [-0.1, -0.05) is 127 Å². The van der Waals surface area contributed by atoms with E-state index in [0.717, 1.165) is 38.5 Å². The van der Waals surface area contributed by atoms with E-state index in [9.17, 15) is 0 Å². The van der Waals surface area contributed by atoms with Gasteiger partial charge in [-0.05, 0) is 108 Å². The minimum atomic E-state index is 0.912. The second-order valence-electron chi connectivity index (χ2n) is 13.2. The molecule has 0 radical (unpaired) electrons. The highest BCUT2D eigenvalue weighted by atomic mass is 16.3. The molecule has 0 amide bonds. The van der Waals surface area contributed by atoms with E-state index in [-0.39, 0.29) is 0 Å². The lowest BCUT2D eigenvalue weighted by Crippen LogP contribution is -1.91. The average Bonchev–Trinajstić information content (AvgIpc) is 3.75. The Morgan fingerprint density at radius 1 is 0.260 bits per heavy atom. The molecule has 50 heavy (non-hydrogen) atoms. The van der Waals surface area contributed by atoms with Gasteiger partial charge >= 0.3 is 0 Å². The van der Waals surface area contributed by atoms with Crippen molar-refractivity contribution in [2.45, 2.75) is 0 Å². The van der Waals surface area contributed by atoms with Gasteiger partial charge < -0.3 is 8.83 Å². The van der Waals surface area contributed by atoms with Crippen molar-refractivity contribution < 1.29 is 8.83 Å². The van der Waals surface area contributed by atoms with Crippen molar-refractivity contribution in [3.63, 3.8) is 0 Å². The third kappa shape index (κ3) is 3.96. The quantitative estimate of drug-likeness (QED) is 0.180. The Bertz CT molecular complexity index is 3100. The summed E-state index contributed by atoms with van der Waals surface area (Å²) in [5, 5.41) is 12.0. The summed E-state index contributed by atoms with van der Waals surface area (Å²) in [6.45, 7) is 0. The van der Waals surface area contributed by atoms with Gasteiger partial charge in [0.2, 0.25) is 0 Å². The van der Waals surface area contributed by atoms with Crippen LogP contribution in [-0.2, 0) is 0 Å². The number of hydrogen-bond acceptors (Lipinski definition) is 2. The largest absolute Gasteiger partial charge is 0.456 e. The molecule has 0 atom stereocenters. The van der Waals surface area contributed by atoms with Gasteiger partial charge in [0.1, 0.15) is 22.3 Å². The van der Waals surface area contributed by atoms with Crippen molar-refractivity contribution in [2.24, 2.45) is 0 Å². The molecule has 0 spiro atoms. The Balaban J connectivity index is 1.12. The predicted octanol–water partition coefficient (Wildman–Crippen LogP) is 13.9. The molecular formula is C48H28O2. The number of fused-ring (bicyclic) bond motifs is 10. The molecule has 0 aliphatic rings. The molecule has 9 aromatic carbocycles. The van der Waals surface area contributed by atoms with Crippen LogP contribution in [0.1, 0.15) is 0 Å². The molecule has 2 nitrogen and oxygen atoms in total. The van der Waals surface area contributed by atoms with Crippen LogP contribution in [0.4, 0.5) is 0 Å². The van der Waals surface area contributed by atoms with Crippen LogP contribution in [0.15, 0.2) is 179 Å². The second kappa shape index (κ2) is 10.4. The molecule has 0 fully saturated rings. The minimum Gasteiger partial charge on any atom is -0.456 e. The Morgan fingerprint density at radius 3 is 1.48 bits per heavy atom. The van der Waals surface area contributed by atoms with E-state index in [0.29, 0.717) is 0 Å². The molecule has 0 saturated carbocycles. The van der Waals surface area contributed by atoms with Gasteiger partial charge in [0.25, 0.3) is 0 Å². The third-order valence-electron chi connectivity index (χ3n) is 10.4. The first-order valence-electron chi connectivity index (χ1n) is 17.1. The highest BCUT2D eigenvalue weighted by Crippen LogP contribution is 2.45. The third-order valence-corrected chi connectivity index (χ3v) is 10.4. The van der Waals surface area contributed by atoms with Gasteiger partial charge in [-0.2, -0.15) is 0 Å². The van der Waals surface area contributed by atoms with Gasteiger partial charge in [0.15, 0.2) is 0 Å². The number of hydrogen-bond donors (Lipinski definition) is 0. The molecule has 2 heteroatoms. The topological polar surface area (TPSA) is 26.3 Å². The monoisotopic (exact) mass is 636 g/mol. The van der Waals surface area contributed by atoms with Crippen LogP contribution >= 0.6 is 0 Å². The summed E-state index contributed by atoms with van der Waals surface area (Å²) in [4.78, 5) is 0. The lowest BCUT2D eigenvalue weighted by atomic mass is 9.85. The molecule has 11 aromatic rings. The van der Waals surface area contributed by atoms with Crippen LogP contribution in [-0.4, -0.2) is 0 Å². The van der Waals surface area contributed by atoms with E-state index in [2.05, 4.69) is 146 Å². The van der Waals surface area contributed by atoms with Crippen LogP contribution in [0.2, 0.25) is 0 Å². The Morgan fingerprint density at radius 2 is 0.760 bits per heavy atom. The van der Waals surface area contributed by atoms with E-state index in [4.69, 9.17) is 8.83 Å². The molecule has 0 unspecified atom stereocenters. The summed E-state index contributed by atoms with van der Waals surface area (Å²) >= 11 is 0. The van der Waals surface area contributed by atoms with Crippen LogP contribution in [0.5, 0.6) is 0 Å². The summed E-state index contributed by atoms with van der Waals surface area (Å²) < 4.78 is 12.3. The lowest BCUT2D eigenvalue weighted by Gasteiger charge is -2.18. The molecule has 0 bridgehead atoms. The van der Waals surface area contributed by atoms with Crippen molar-refractivity contribution >= 4 is 76.2 Å². The highest BCUT2D eigenvalue weighted by molar-refractivity contribution is 6.23. The fourth-order valence-corrected chi connectivity index (χ4v) is 8.22. The van der Waals surface area contributed by atoms with E-state index >= 15 is 0 Å². The molecule has 11 rings (SSSR count). The summed E-state index contributed by atoms with van der Waals surface area (Å²) in [5.41, 5.74) is 10.9. The van der Waals surface area contributed by atoms with Gasteiger partial charge in [0, 0.05) is 21.5 Å². The van der Waals surface area contributed by atoms with Crippen LogP contribution in [0.25, 0.3) is 110 Å². The van der Waals surface area contributed by atoms with Crippen LogP contribution in [0, 0.1) is 0 Å². The zero-order valence-electron chi connectivity index (χ0n) is 27.0. The zero-order valence-corrected chi connectivity index (χ0v) is 27.0. The maximum atomic E-state index is 6.21. The summed E-state index contributed by atoms with van der Waals surface area (Å²) in [6.07, 6.45) is 0. The Kier molecular flexibility index (Phi) is 5.70. The molecule has 0 aliphatic heterocycles. The zero-order chi connectivity index (χ0) is 32.8. The second-order valence-corrected chi connectivity index (χ2v) is 13.2. The van der Waals surface area contributed by atoms with E-state index < -0.39 is 0 Å². The van der Waals surface area contributed by atoms with Crippen molar-refractivity contribution in [3.8, 4) is 33.4 Å². The van der Waals surface area contributed by atoms with Crippen LogP contribution < -0.4 is 0 Å². The number of rotatable bonds is 3. The van der Waals surface area contributed by atoms with Gasteiger partial charge in [0.05, 0.1) is 0 Å². The van der Waals surface area contributed by atoms with Crippen molar-refractivity contribution in [1.82, 2.24) is 0 Å². The minimum absolute atomic E-state index is 0.912. The molecule has 232 valence electrons. The Hall–Kier alpha value is -6.64. The number of furan rings is 2. The fraction of sp³-hybridized carbons (Fsp3) is 0. The summed E-state index contributed by atoms with van der Waals surface area (Å²) in [5.74, 6) is 0. The lowest BCUT2D eigenvalue weighted by molar-refractivity contribution is 0.668. The first-order chi connectivity index (χ1) is 24.8. The van der Waals surface area contributed by atoms with E-state index in [1.165, 1.54) is 71.1 Å². The van der Waals surface area contributed by atoms with Gasteiger partial charge in [-0.3, -0.25) is 0 Å². The van der Waals surface area contributed by atoms with Crippen molar-refractivity contribution in [3.05, 3.63) is 170 Å². The number of para-hydroxylation sites is 2. The van der Waals surface area contributed by atoms with Gasteiger partial charge in [-0.25, -0.2) is 0 Å². The SMILES string of the molecule is c1cc(-c2ccc3oc4ccccc4c3c2)cc(-c2c3ccccc3c(-c3ccc4c(ccc5oc6ccccc6c54)c3)c3ccccc23)c1. The first kappa shape index (κ1) is 27.3. The standard InChI is InChI=1S/C48H28O2/c1-3-15-38-36(13-1)46(32-11-9-10-29(26-32)30-21-24-44-41(28-30)35-12-5-7-18-42(35)49-44)37-14-2-4-16-39(37)47(38)33-20-23-34-31(27-33)22-25-45-48(34)40-17-6-8-19-43(40)50-45/h1-28H. The van der Waals surface area contributed by atoms with Crippen molar-refractivity contribution in [1.29, 1.82) is 0 Å². The van der Waals surface area contributed by atoms with Crippen LogP contribution in [0.3, 0.4) is 0 Å². The average molecular weight is 637 g/mol. The first-order valence-corrected chi connectivity index (χ1v) is 17.1. The molecule has 0 saturated heterocycles. The van der Waals surface area contributed by atoms with Crippen molar-refractivity contribution in [2.75, 3.05) is 0 Å². The fourth-order valence-electron chi connectivity index (χ4n) is 8.22. The molecular weight excluding hydrogens is 609 g/mol. The predicted molar refractivity (Wildman–Crippen MR) is 210 cm³/mol. The van der Waals surface area contributed by atoms with E-state index in [1.54, 1.807) is 0 Å². The number of benzene rings is 9. The van der Waals surface area contributed by atoms with E-state index in [1.807, 2.05) is 24.3 Å². The molecule has 0 aliphatic carbocycles. The maximum absolute atomic E-state index is 6.21. The maximum Gasteiger partial charge on any atom is 0.136 e. The normalized spacial score (nSPS) is 12.0.